The van der Waals surface area contributed by atoms with E-state index < -0.39 is 8.07 Å². The minimum Gasteiger partial charge on any atom is -0.309 e. The summed E-state index contributed by atoms with van der Waals surface area (Å²) in [6.45, 7) is 7.36. The summed E-state index contributed by atoms with van der Waals surface area (Å²) in [5.41, 5.74) is 7.27. The van der Waals surface area contributed by atoms with Gasteiger partial charge in [0.2, 0.25) is 0 Å². The van der Waals surface area contributed by atoms with E-state index >= 15 is 0 Å². The molecular formula is C46H38N2Si. The Morgan fingerprint density at radius 3 is 1.43 bits per heavy atom. The van der Waals surface area contributed by atoms with Crippen LogP contribution in [-0.4, -0.2) is 17.2 Å². The summed E-state index contributed by atoms with van der Waals surface area (Å²) in [7, 11) is -2.65. The Morgan fingerprint density at radius 2 is 0.837 bits per heavy atom. The molecule has 0 amide bonds. The molecule has 236 valence electrons. The summed E-state index contributed by atoms with van der Waals surface area (Å²) < 4.78 is 4.95. The van der Waals surface area contributed by atoms with E-state index in [4.69, 9.17) is 0 Å². The van der Waals surface area contributed by atoms with E-state index in [0.29, 0.717) is 0 Å². The summed E-state index contributed by atoms with van der Waals surface area (Å²) >= 11 is 0. The number of para-hydroxylation sites is 3. The molecule has 0 aliphatic heterocycles. The van der Waals surface area contributed by atoms with Crippen LogP contribution in [-0.2, 0) is 0 Å². The first-order valence-electron chi connectivity index (χ1n) is 17.2. The first kappa shape index (κ1) is 29.5. The van der Waals surface area contributed by atoms with Crippen LogP contribution < -0.4 is 15.6 Å². The lowest BCUT2D eigenvalue weighted by molar-refractivity contribution is 0.740. The van der Waals surface area contributed by atoms with E-state index in [1.165, 1.54) is 70.5 Å². The lowest BCUT2D eigenvalue weighted by Gasteiger charge is -2.45. The number of hydrogen-bond donors (Lipinski definition) is 0. The molecule has 0 fully saturated rings. The number of nitrogens with zero attached hydrogens (tertiary/aromatic N) is 2. The average molecular weight is 647 g/mol. The van der Waals surface area contributed by atoms with Crippen molar-refractivity contribution in [3.63, 3.8) is 0 Å². The highest BCUT2D eigenvalue weighted by Crippen LogP contribution is 2.42. The Hall–Kier alpha value is -5.64. The van der Waals surface area contributed by atoms with Crippen molar-refractivity contribution in [3.8, 4) is 11.4 Å². The van der Waals surface area contributed by atoms with E-state index in [0.717, 1.165) is 0 Å². The van der Waals surface area contributed by atoms with Crippen LogP contribution in [0.25, 0.3) is 55.0 Å². The molecule has 0 unspecified atom stereocenters. The second-order valence-corrected chi connectivity index (χ2v) is 18.8. The van der Waals surface area contributed by atoms with E-state index in [1.807, 2.05) is 0 Å². The molecule has 0 aliphatic rings. The fourth-order valence-electron chi connectivity index (χ4n) is 8.76. The fraction of sp³-hybridized carbons (Fsp3) is 0.0870. The van der Waals surface area contributed by atoms with Crippen molar-refractivity contribution in [2.24, 2.45) is 0 Å². The Bertz CT molecular complexity index is 2590. The van der Waals surface area contributed by atoms with Gasteiger partial charge in [-0.05, 0) is 63.1 Å². The van der Waals surface area contributed by atoms with Crippen LogP contribution >= 0.6 is 0 Å². The topological polar surface area (TPSA) is 9.86 Å². The highest BCUT2D eigenvalue weighted by Gasteiger charge is 2.50. The second-order valence-electron chi connectivity index (χ2n) is 14.1. The van der Waals surface area contributed by atoms with Gasteiger partial charge in [-0.1, -0.05) is 154 Å². The number of aromatic nitrogens is 2. The van der Waals surface area contributed by atoms with Gasteiger partial charge in [0.15, 0.2) is 8.07 Å². The van der Waals surface area contributed by atoms with Crippen LogP contribution in [0.2, 0.25) is 5.04 Å². The van der Waals surface area contributed by atoms with Gasteiger partial charge in [0.05, 0.1) is 27.8 Å². The molecule has 2 aromatic heterocycles. The van der Waals surface area contributed by atoms with Crippen LogP contribution in [0.15, 0.2) is 176 Å². The van der Waals surface area contributed by atoms with Gasteiger partial charge in [0, 0.05) is 27.2 Å². The molecule has 0 saturated heterocycles. The lowest BCUT2D eigenvalue weighted by Crippen LogP contribution is -2.72. The van der Waals surface area contributed by atoms with Gasteiger partial charge in [0.25, 0.3) is 0 Å². The largest absolute Gasteiger partial charge is 0.309 e. The van der Waals surface area contributed by atoms with E-state index in [-0.39, 0.29) is 5.04 Å². The standard InChI is InChI=1S/C46H38N2Si/c1-46(2,3)49(34-21-9-5-10-22-34,35-23-11-6-12-24-35)43-32-18-31-42-45(43)37-26-14-16-28-39(37)48(42)41-30-17-29-40-44(41)36-25-13-15-27-38(36)47(40)33-19-7-4-8-20-33/h4-32H,1-3H3. The average Bonchev–Trinajstić information content (AvgIpc) is 3.66. The molecule has 7 aromatic carbocycles. The minimum atomic E-state index is -2.65. The van der Waals surface area contributed by atoms with Crippen LogP contribution in [0.1, 0.15) is 20.8 Å². The van der Waals surface area contributed by atoms with Crippen molar-refractivity contribution < 1.29 is 0 Å². The van der Waals surface area contributed by atoms with Crippen molar-refractivity contribution in [3.05, 3.63) is 176 Å². The van der Waals surface area contributed by atoms with Crippen molar-refractivity contribution in [1.82, 2.24) is 9.13 Å². The minimum absolute atomic E-state index is 0.0314. The highest BCUT2D eigenvalue weighted by atomic mass is 28.3. The summed E-state index contributed by atoms with van der Waals surface area (Å²) in [6.07, 6.45) is 0. The smallest absolute Gasteiger partial charge is 0.154 e. The molecule has 3 heteroatoms. The number of fused-ring (bicyclic) bond motifs is 6. The van der Waals surface area contributed by atoms with Gasteiger partial charge in [-0.3, -0.25) is 0 Å². The maximum Gasteiger partial charge on any atom is 0.154 e. The van der Waals surface area contributed by atoms with E-state index in [2.05, 4.69) is 206 Å². The van der Waals surface area contributed by atoms with Gasteiger partial charge in [0.1, 0.15) is 0 Å². The van der Waals surface area contributed by atoms with Gasteiger partial charge < -0.3 is 9.13 Å². The van der Waals surface area contributed by atoms with Gasteiger partial charge >= 0.3 is 0 Å². The Morgan fingerprint density at radius 1 is 0.388 bits per heavy atom. The Balaban J connectivity index is 1.45. The predicted octanol–water partition coefficient (Wildman–Crippen LogP) is 10.2. The predicted molar refractivity (Wildman–Crippen MR) is 212 cm³/mol. The molecule has 0 N–H and O–H groups in total. The first-order valence-corrected chi connectivity index (χ1v) is 19.2. The summed E-state index contributed by atoms with van der Waals surface area (Å²) in [6, 6.07) is 65.2. The number of rotatable bonds is 5. The molecule has 9 rings (SSSR count). The van der Waals surface area contributed by atoms with Crippen LogP contribution in [0.5, 0.6) is 0 Å². The molecule has 2 heterocycles. The molecule has 0 spiro atoms. The Kier molecular flexibility index (Phi) is 6.75. The van der Waals surface area contributed by atoms with Crippen molar-refractivity contribution in [2.75, 3.05) is 0 Å². The molecule has 49 heavy (non-hydrogen) atoms. The number of benzene rings is 7. The van der Waals surface area contributed by atoms with Crippen molar-refractivity contribution in [1.29, 1.82) is 0 Å². The third kappa shape index (κ3) is 4.25. The maximum atomic E-state index is 2.54. The normalized spacial score (nSPS) is 12.4. The van der Waals surface area contributed by atoms with Crippen molar-refractivity contribution >= 4 is 67.2 Å². The number of hydrogen-bond acceptors (Lipinski definition) is 0. The van der Waals surface area contributed by atoms with Crippen LogP contribution in [0.4, 0.5) is 0 Å². The quantitative estimate of drug-likeness (QED) is 0.130. The molecular weight excluding hydrogens is 609 g/mol. The van der Waals surface area contributed by atoms with E-state index in [1.54, 1.807) is 0 Å². The zero-order chi connectivity index (χ0) is 33.2. The monoisotopic (exact) mass is 646 g/mol. The SMILES string of the molecule is CC(C)(C)[Si](c1ccccc1)(c1ccccc1)c1cccc2c1c1ccccc1n2-c1cccc2c1c1ccccc1n2-c1ccccc1. The summed E-state index contributed by atoms with van der Waals surface area (Å²) in [5, 5.41) is 9.48. The molecule has 0 radical (unpaired) electrons. The summed E-state index contributed by atoms with van der Waals surface area (Å²) in [4.78, 5) is 0. The highest BCUT2D eigenvalue weighted by molar-refractivity contribution is 7.14. The van der Waals surface area contributed by atoms with Gasteiger partial charge in [-0.2, -0.15) is 0 Å². The molecule has 0 saturated carbocycles. The molecule has 0 bridgehead atoms. The molecule has 9 aromatic rings. The zero-order valence-electron chi connectivity index (χ0n) is 28.1. The van der Waals surface area contributed by atoms with Crippen LogP contribution in [0.3, 0.4) is 0 Å². The van der Waals surface area contributed by atoms with Crippen molar-refractivity contribution in [2.45, 2.75) is 25.8 Å². The zero-order valence-corrected chi connectivity index (χ0v) is 29.1. The summed E-state index contributed by atoms with van der Waals surface area (Å²) in [5.74, 6) is 0. The Labute approximate surface area is 288 Å². The lowest BCUT2D eigenvalue weighted by atomic mass is 10.1. The molecule has 0 aliphatic carbocycles. The van der Waals surface area contributed by atoms with Crippen LogP contribution in [0, 0.1) is 0 Å². The fourth-order valence-corrected chi connectivity index (χ4v) is 14.6. The maximum absolute atomic E-state index is 2.65. The van der Waals surface area contributed by atoms with Gasteiger partial charge in [-0.25, -0.2) is 0 Å². The third-order valence-electron chi connectivity index (χ3n) is 10.6. The molecule has 2 nitrogen and oxygen atoms in total. The molecule has 0 atom stereocenters. The third-order valence-corrected chi connectivity index (χ3v) is 16.4. The van der Waals surface area contributed by atoms with E-state index in [9.17, 15) is 0 Å². The van der Waals surface area contributed by atoms with Gasteiger partial charge in [-0.15, -0.1) is 0 Å². The first-order chi connectivity index (χ1) is 24.0. The second kappa shape index (κ2) is 11.2.